The van der Waals surface area contributed by atoms with E-state index in [1.807, 2.05) is 13.0 Å². The maximum Gasteiger partial charge on any atom is 0.254 e. The van der Waals surface area contributed by atoms with Gasteiger partial charge in [-0.1, -0.05) is 23.7 Å². The van der Waals surface area contributed by atoms with Gasteiger partial charge in [-0.3, -0.25) is 9.59 Å². The number of halogens is 1. The molecule has 2 aromatic carbocycles. The third-order valence-corrected chi connectivity index (χ3v) is 4.81. The van der Waals surface area contributed by atoms with Crippen molar-refractivity contribution in [1.29, 1.82) is 0 Å². The number of amides is 2. The van der Waals surface area contributed by atoms with Gasteiger partial charge in [0.2, 0.25) is 5.91 Å². The van der Waals surface area contributed by atoms with Crippen molar-refractivity contribution in [1.82, 2.24) is 4.90 Å². The predicted octanol–water partition coefficient (Wildman–Crippen LogP) is 3.17. The van der Waals surface area contributed by atoms with Gasteiger partial charge in [-0.2, -0.15) is 0 Å². The summed E-state index contributed by atoms with van der Waals surface area (Å²) in [6, 6.07) is 12.5. The van der Waals surface area contributed by atoms with Gasteiger partial charge < -0.3 is 20.3 Å². The summed E-state index contributed by atoms with van der Waals surface area (Å²) in [5.41, 5.74) is 2.82. The van der Waals surface area contributed by atoms with Crippen LogP contribution in [0, 0.1) is 6.92 Å². The minimum Gasteiger partial charge on any atom is -0.378 e. The summed E-state index contributed by atoms with van der Waals surface area (Å²) in [5.74, 6) is -0.216. The molecule has 2 amide bonds. The van der Waals surface area contributed by atoms with E-state index in [2.05, 4.69) is 10.6 Å². The Morgan fingerprint density at radius 3 is 2.67 bits per heavy atom. The second-order valence-corrected chi connectivity index (χ2v) is 6.71. The molecule has 0 aliphatic carbocycles. The van der Waals surface area contributed by atoms with Crippen LogP contribution in [-0.2, 0) is 9.53 Å². The topological polar surface area (TPSA) is 70.7 Å². The first-order chi connectivity index (χ1) is 13.0. The number of hydrogen-bond acceptors (Lipinski definition) is 4. The normalized spacial score (nSPS) is 13.9. The Hall–Kier alpha value is -2.57. The molecule has 2 aromatic rings. The molecule has 0 radical (unpaired) electrons. The summed E-state index contributed by atoms with van der Waals surface area (Å²) in [4.78, 5) is 26.5. The van der Waals surface area contributed by atoms with Gasteiger partial charge in [-0.25, -0.2) is 0 Å². The van der Waals surface area contributed by atoms with Gasteiger partial charge in [0.25, 0.3) is 5.91 Å². The van der Waals surface area contributed by atoms with Gasteiger partial charge in [0.15, 0.2) is 0 Å². The second-order valence-electron chi connectivity index (χ2n) is 6.30. The van der Waals surface area contributed by atoms with Crippen LogP contribution >= 0.6 is 11.6 Å². The highest BCUT2D eigenvalue weighted by Crippen LogP contribution is 2.22. The van der Waals surface area contributed by atoms with Gasteiger partial charge in [-0.15, -0.1) is 0 Å². The number of ether oxygens (including phenoxy) is 1. The second kappa shape index (κ2) is 8.88. The molecule has 142 valence electrons. The lowest BCUT2D eigenvalue weighted by molar-refractivity contribution is -0.114. The first-order valence-corrected chi connectivity index (χ1v) is 9.18. The molecular weight excluding hydrogens is 366 g/mol. The molecule has 27 heavy (non-hydrogen) atoms. The van der Waals surface area contributed by atoms with Crippen LogP contribution in [0.25, 0.3) is 0 Å². The number of anilines is 2. The predicted molar refractivity (Wildman–Crippen MR) is 106 cm³/mol. The van der Waals surface area contributed by atoms with E-state index in [1.54, 1.807) is 41.3 Å². The minimum absolute atomic E-state index is 0.0269. The van der Waals surface area contributed by atoms with E-state index in [9.17, 15) is 9.59 Å². The summed E-state index contributed by atoms with van der Waals surface area (Å²) in [5, 5.41) is 6.50. The van der Waals surface area contributed by atoms with Crippen LogP contribution in [0.3, 0.4) is 0 Å². The molecule has 6 nitrogen and oxygen atoms in total. The van der Waals surface area contributed by atoms with Gasteiger partial charge >= 0.3 is 0 Å². The maximum atomic E-state index is 12.6. The Labute approximate surface area is 163 Å². The maximum absolute atomic E-state index is 12.6. The first kappa shape index (κ1) is 19.2. The molecule has 0 bridgehead atoms. The van der Waals surface area contributed by atoms with Crippen LogP contribution in [0.5, 0.6) is 0 Å². The molecule has 2 N–H and O–H groups in total. The van der Waals surface area contributed by atoms with Crippen LogP contribution in [0.15, 0.2) is 42.5 Å². The lowest BCUT2D eigenvalue weighted by Crippen LogP contribution is -2.40. The summed E-state index contributed by atoms with van der Waals surface area (Å²) < 4.78 is 5.28. The average Bonchev–Trinajstić information content (AvgIpc) is 2.70. The van der Waals surface area contributed by atoms with E-state index in [0.717, 1.165) is 5.56 Å². The number of morpholine rings is 1. The van der Waals surface area contributed by atoms with Crippen LogP contribution in [0.1, 0.15) is 15.9 Å². The molecule has 3 rings (SSSR count). The number of hydrogen-bond donors (Lipinski definition) is 2. The lowest BCUT2D eigenvalue weighted by Gasteiger charge is -2.27. The van der Waals surface area contributed by atoms with E-state index in [1.165, 1.54) is 0 Å². The fraction of sp³-hybridized carbons (Fsp3) is 0.300. The van der Waals surface area contributed by atoms with Crippen molar-refractivity contribution in [3.63, 3.8) is 0 Å². The Balaban J connectivity index is 1.58. The van der Waals surface area contributed by atoms with E-state index in [0.29, 0.717) is 48.3 Å². The van der Waals surface area contributed by atoms with Crippen LogP contribution in [0.2, 0.25) is 5.02 Å². The molecule has 1 aliphatic heterocycles. The molecule has 1 fully saturated rings. The SMILES string of the molecule is Cc1c(Cl)cccc1NC(=O)CNc1cccc(C(=O)N2CCOCC2)c1. The summed E-state index contributed by atoms with van der Waals surface area (Å²) in [7, 11) is 0. The van der Waals surface area contributed by atoms with Gasteiger partial charge in [0.1, 0.15) is 0 Å². The fourth-order valence-electron chi connectivity index (χ4n) is 2.83. The molecule has 1 saturated heterocycles. The van der Waals surface area contributed by atoms with E-state index in [4.69, 9.17) is 16.3 Å². The van der Waals surface area contributed by atoms with Crippen LogP contribution in [0.4, 0.5) is 11.4 Å². The van der Waals surface area contributed by atoms with E-state index < -0.39 is 0 Å². The Morgan fingerprint density at radius 2 is 1.89 bits per heavy atom. The highest BCUT2D eigenvalue weighted by molar-refractivity contribution is 6.31. The number of rotatable bonds is 5. The van der Waals surface area contributed by atoms with Gasteiger partial charge in [0, 0.05) is 35.1 Å². The molecule has 1 heterocycles. The minimum atomic E-state index is -0.190. The first-order valence-electron chi connectivity index (χ1n) is 8.80. The molecule has 0 aromatic heterocycles. The molecule has 0 spiro atoms. The number of nitrogens with zero attached hydrogens (tertiary/aromatic N) is 1. The average molecular weight is 388 g/mol. The van der Waals surface area contributed by atoms with Gasteiger partial charge in [0.05, 0.1) is 19.8 Å². The number of benzene rings is 2. The highest BCUT2D eigenvalue weighted by atomic mass is 35.5. The van der Waals surface area contributed by atoms with Crippen molar-refractivity contribution >= 4 is 34.8 Å². The van der Waals surface area contributed by atoms with Crippen molar-refractivity contribution in [2.75, 3.05) is 43.5 Å². The van der Waals surface area contributed by atoms with Crippen LogP contribution < -0.4 is 10.6 Å². The molecule has 1 aliphatic rings. The van der Waals surface area contributed by atoms with Crippen molar-refractivity contribution in [2.24, 2.45) is 0 Å². The fourth-order valence-corrected chi connectivity index (χ4v) is 3.01. The van der Waals surface area contributed by atoms with Crippen molar-refractivity contribution in [3.8, 4) is 0 Å². The largest absolute Gasteiger partial charge is 0.378 e. The zero-order chi connectivity index (χ0) is 19.2. The highest BCUT2D eigenvalue weighted by Gasteiger charge is 2.18. The number of carbonyl (C=O) groups is 2. The van der Waals surface area contributed by atoms with E-state index in [-0.39, 0.29) is 18.4 Å². The molecule has 7 heteroatoms. The summed E-state index contributed by atoms with van der Waals surface area (Å²) in [6.45, 7) is 4.25. The third-order valence-electron chi connectivity index (χ3n) is 4.40. The lowest BCUT2D eigenvalue weighted by atomic mass is 10.1. The van der Waals surface area contributed by atoms with Crippen LogP contribution in [-0.4, -0.2) is 49.6 Å². The van der Waals surface area contributed by atoms with E-state index >= 15 is 0 Å². The number of nitrogens with one attached hydrogen (secondary N) is 2. The quantitative estimate of drug-likeness (QED) is 0.826. The van der Waals surface area contributed by atoms with Gasteiger partial charge in [-0.05, 0) is 42.8 Å². The Morgan fingerprint density at radius 1 is 1.15 bits per heavy atom. The smallest absolute Gasteiger partial charge is 0.254 e. The monoisotopic (exact) mass is 387 g/mol. The third kappa shape index (κ3) is 4.99. The Kier molecular flexibility index (Phi) is 6.32. The van der Waals surface area contributed by atoms with Crippen molar-refractivity contribution < 1.29 is 14.3 Å². The van der Waals surface area contributed by atoms with Crippen molar-refractivity contribution in [2.45, 2.75) is 6.92 Å². The molecule has 0 atom stereocenters. The Bertz CT molecular complexity index is 835. The van der Waals surface area contributed by atoms with Crippen molar-refractivity contribution in [3.05, 3.63) is 58.6 Å². The zero-order valence-electron chi connectivity index (χ0n) is 15.1. The standard InChI is InChI=1S/C20H22ClN3O3/c1-14-17(21)6-3-7-18(14)23-19(25)13-22-16-5-2-4-15(12-16)20(26)24-8-10-27-11-9-24/h2-7,12,22H,8-11,13H2,1H3,(H,23,25). The number of carbonyl (C=O) groups excluding carboxylic acids is 2. The zero-order valence-corrected chi connectivity index (χ0v) is 15.9. The summed E-state index contributed by atoms with van der Waals surface area (Å²) >= 11 is 6.07. The molecule has 0 unspecified atom stereocenters. The summed E-state index contributed by atoms with van der Waals surface area (Å²) in [6.07, 6.45) is 0. The molecular formula is C20H22ClN3O3. The molecule has 0 saturated carbocycles.